The molecule has 2 heteroatoms. The molecule has 1 N–H and O–H groups in total. The smallest absolute Gasteiger partial charge is 0.0918 e. The minimum atomic E-state index is 0.146. The highest BCUT2D eigenvalue weighted by Gasteiger charge is 2.55. The molecule has 0 radical (unpaired) electrons. The van der Waals surface area contributed by atoms with Crippen molar-refractivity contribution in [1.29, 1.82) is 0 Å². The van der Waals surface area contributed by atoms with Crippen LogP contribution in [-0.4, -0.2) is 25.3 Å². The van der Waals surface area contributed by atoms with Gasteiger partial charge in [-0.15, -0.1) is 0 Å². The van der Waals surface area contributed by atoms with Crippen LogP contribution >= 0.6 is 0 Å². The lowest BCUT2D eigenvalue weighted by Crippen LogP contribution is -2.10. The van der Waals surface area contributed by atoms with Gasteiger partial charge in [0.25, 0.3) is 0 Å². The van der Waals surface area contributed by atoms with E-state index in [9.17, 15) is 0 Å². The Kier molecular flexibility index (Phi) is 2.86. The fraction of sp³-hybridized carbons (Fsp3) is 1.00. The summed E-state index contributed by atoms with van der Waals surface area (Å²) < 4.78 is 5.29. The maximum atomic E-state index is 5.29. The quantitative estimate of drug-likeness (QED) is 0.521. The zero-order valence-corrected chi connectivity index (χ0v) is 7.91. The molecular weight excluding hydrogens is 126 g/mol. The lowest BCUT2D eigenvalue weighted by molar-refractivity contribution is 0.296. The summed E-state index contributed by atoms with van der Waals surface area (Å²) in [4.78, 5) is 0. The summed E-state index contributed by atoms with van der Waals surface area (Å²) in [7, 11) is 3.75. The van der Waals surface area contributed by atoms with Crippen molar-refractivity contribution in [2.24, 2.45) is 0 Å². The van der Waals surface area contributed by atoms with E-state index < -0.39 is 0 Å². The molecule has 0 saturated carbocycles. The van der Waals surface area contributed by atoms with Crippen LogP contribution in [0.2, 0.25) is 0 Å². The van der Waals surface area contributed by atoms with Gasteiger partial charge < -0.3 is 10.1 Å². The highest BCUT2D eigenvalue weighted by atomic mass is 16.6. The van der Waals surface area contributed by atoms with Gasteiger partial charge in [0.15, 0.2) is 0 Å². The summed E-state index contributed by atoms with van der Waals surface area (Å²) in [5.41, 5.74) is 0.292. The molecule has 0 bridgehead atoms. The number of hydrogen-bond donors (Lipinski definition) is 1. The molecule has 1 fully saturated rings. The molecule has 62 valence electrons. The average Bonchev–Trinajstić information content (AvgIpc) is 2.04. The molecule has 1 saturated heterocycles. The Bertz CT molecular complexity index is 95.8. The van der Waals surface area contributed by atoms with Gasteiger partial charge in [0.2, 0.25) is 0 Å². The first-order valence-corrected chi connectivity index (χ1v) is 3.66. The van der Waals surface area contributed by atoms with Gasteiger partial charge in [0, 0.05) is 0 Å². The summed E-state index contributed by atoms with van der Waals surface area (Å²) in [6.45, 7) is 8.42. The van der Waals surface area contributed by atoms with Crippen LogP contribution in [0.5, 0.6) is 0 Å². The summed E-state index contributed by atoms with van der Waals surface area (Å²) in [5.74, 6) is 0. The number of nitrogens with one attached hydrogen (secondary N) is 1. The van der Waals surface area contributed by atoms with Gasteiger partial charge in [-0.3, -0.25) is 0 Å². The van der Waals surface area contributed by atoms with E-state index in [0.717, 1.165) is 0 Å². The molecule has 2 nitrogen and oxygen atoms in total. The highest BCUT2D eigenvalue weighted by molar-refractivity contribution is 5.03. The van der Waals surface area contributed by atoms with Crippen molar-refractivity contribution in [3.05, 3.63) is 0 Å². The van der Waals surface area contributed by atoms with E-state index in [1.54, 1.807) is 0 Å². The Morgan fingerprint density at radius 1 is 0.900 bits per heavy atom. The van der Waals surface area contributed by atoms with Crippen molar-refractivity contribution in [2.45, 2.75) is 38.9 Å². The Hall–Kier alpha value is -0.0800. The predicted octanol–water partition coefficient (Wildman–Crippen LogP) is 1.41. The normalized spacial score (nSPS) is 24.6. The van der Waals surface area contributed by atoms with E-state index in [1.165, 1.54) is 0 Å². The maximum Gasteiger partial charge on any atom is 0.0918 e. The van der Waals surface area contributed by atoms with Crippen molar-refractivity contribution in [3.8, 4) is 0 Å². The lowest BCUT2D eigenvalue weighted by Gasteiger charge is -1.95. The lowest BCUT2D eigenvalue weighted by atomic mass is 10.0. The SMILES string of the molecule is CC1(C)OC1(C)C.CNC. The van der Waals surface area contributed by atoms with Crippen molar-refractivity contribution in [2.75, 3.05) is 14.1 Å². The maximum absolute atomic E-state index is 5.29. The Morgan fingerprint density at radius 2 is 1.00 bits per heavy atom. The molecule has 1 aliphatic rings. The van der Waals surface area contributed by atoms with E-state index in [0.29, 0.717) is 0 Å². The molecule has 0 aliphatic carbocycles. The predicted molar refractivity (Wildman–Crippen MR) is 44.2 cm³/mol. The van der Waals surface area contributed by atoms with Crippen LogP contribution in [0.3, 0.4) is 0 Å². The topological polar surface area (TPSA) is 24.6 Å². The van der Waals surface area contributed by atoms with Gasteiger partial charge >= 0.3 is 0 Å². The van der Waals surface area contributed by atoms with Crippen LogP contribution in [0, 0.1) is 0 Å². The van der Waals surface area contributed by atoms with Gasteiger partial charge in [0.1, 0.15) is 0 Å². The summed E-state index contributed by atoms with van der Waals surface area (Å²) in [5, 5.41) is 2.75. The Balaban J connectivity index is 0.000000236. The monoisotopic (exact) mass is 145 g/mol. The van der Waals surface area contributed by atoms with Gasteiger partial charge in [-0.2, -0.15) is 0 Å². The van der Waals surface area contributed by atoms with Crippen LogP contribution in [0.4, 0.5) is 0 Å². The third-order valence-electron chi connectivity index (χ3n) is 1.92. The molecular formula is C8H19NO. The van der Waals surface area contributed by atoms with E-state index >= 15 is 0 Å². The van der Waals surface area contributed by atoms with Crippen LogP contribution in [0.1, 0.15) is 27.7 Å². The molecule has 10 heavy (non-hydrogen) atoms. The van der Waals surface area contributed by atoms with E-state index in [4.69, 9.17) is 4.74 Å². The van der Waals surface area contributed by atoms with Gasteiger partial charge in [-0.05, 0) is 41.8 Å². The Labute approximate surface area is 64.0 Å². The minimum Gasteiger partial charge on any atom is -0.364 e. The van der Waals surface area contributed by atoms with Gasteiger partial charge in [0.05, 0.1) is 11.2 Å². The van der Waals surface area contributed by atoms with Crippen LogP contribution in [0.25, 0.3) is 0 Å². The first-order valence-electron chi connectivity index (χ1n) is 3.66. The van der Waals surface area contributed by atoms with E-state index in [2.05, 4.69) is 33.0 Å². The molecule has 0 atom stereocenters. The van der Waals surface area contributed by atoms with Crippen molar-refractivity contribution < 1.29 is 4.74 Å². The summed E-state index contributed by atoms with van der Waals surface area (Å²) in [6.07, 6.45) is 0. The molecule has 0 amide bonds. The zero-order valence-electron chi connectivity index (χ0n) is 7.91. The molecule has 0 aromatic rings. The third kappa shape index (κ3) is 2.27. The molecule has 0 aromatic heterocycles. The second-order valence-electron chi connectivity index (χ2n) is 3.62. The summed E-state index contributed by atoms with van der Waals surface area (Å²) in [6, 6.07) is 0. The number of rotatable bonds is 0. The van der Waals surface area contributed by atoms with Crippen LogP contribution in [0.15, 0.2) is 0 Å². The second kappa shape index (κ2) is 2.89. The second-order valence-corrected chi connectivity index (χ2v) is 3.62. The molecule has 0 spiro atoms. The van der Waals surface area contributed by atoms with Gasteiger partial charge in [-0.1, -0.05) is 0 Å². The van der Waals surface area contributed by atoms with E-state index in [-0.39, 0.29) is 11.2 Å². The number of hydrogen-bond acceptors (Lipinski definition) is 2. The van der Waals surface area contributed by atoms with Crippen molar-refractivity contribution in [3.63, 3.8) is 0 Å². The third-order valence-corrected chi connectivity index (χ3v) is 1.92. The van der Waals surface area contributed by atoms with Crippen molar-refractivity contribution >= 4 is 0 Å². The highest BCUT2D eigenvalue weighted by Crippen LogP contribution is 2.46. The first-order chi connectivity index (χ1) is 4.37. The molecule has 1 aliphatic heterocycles. The molecule has 1 rings (SSSR count). The van der Waals surface area contributed by atoms with Crippen molar-refractivity contribution in [1.82, 2.24) is 5.32 Å². The number of ether oxygens (including phenoxy) is 1. The fourth-order valence-electron chi connectivity index (χ4n) is 0.612. The molecule has 1 heterocycles. The van der Waals surface area contributed by atoms with Gasteiger partial charge in [-0.25, -0.2) is 0 Å². The van der Waals surface area contributed by atoms with Crippen LogP contribution < -0.4 is 5.32 Å². The first kappa shape index (κ1) is 9.92. The van der Waals surface area contributed by atoms with E-state index in [1.807, 2.05) is 14.1 Å². The standard InChI is InChI=1S/C6H12O.C2H7N/c1-5(2)6(3,4)7-5;1-3-2/h1-4H3;3H,1-2H3. The Morgan fingerprint density at radius 3 is 1.00 bits per heavy atom. The average molecular weight is 145 g/mol. The minimum absolute atomic E-state index is 0.146. The fourth-order valence-corrected chi connectivity index (χ4v) is 0.612. The zero-order chi connectivity index (χ0) is 8.41. The molecule has 0 aromatic carbocycles. The summed E-state index contributed by atoms with van der Waals surface area (Å²) >= 11 is 0. The molecule has 0 unspecified atom stereocenters. The van der Waals surface area contributed by atoms with Crippen LogP contribution in [-0.2, 0) is 4.74 Å². The number of epoxide rings is 1. The largest absolute Gasteiger partial charge is 0.364 e.